The van der Waals surface area contributed by atoms with Crippen LogP contribution in [0.3, 0.4) is 0 Å². The minimum absolute atomic E-state index is 1.03. The van der Waals surface area contributed by atoms with Crippen LogP contribution >= 0.6 is 0 Å². The molecule has 1 saturated heterocycles. The predicted molar refractivity (Wildman–Crippen MR) is 72.8 cm³/mol. The molecule has 1 aliphatic rings. The molecule has 0 saturated carbocycles. The maximum Gasteiger partial charge on any atom is -0.00190 e. The maximum atomic E-state index is 2.49. The Morgan fingerprint density at radius 3 is 2.25 bits per heavy atom. The highest BCUT2D eigenvalue weighted by molar-refractivity contribution is 4.76. The fraction of sp³-hybridized carbons (Fsp3) is 1.00. The largest absolute Gasteiger partial charge is 0.306 e. The van der Waals surface area contributed by atoms with E-state index in [9.17, 15) is 0 Å². The molecule has 96 valence electrons. The highest BCUT2D eigenvalue weighted by atomic mass is 15.1. The summed E-state index contributed by atoms with van der Waals surface area (Å²) in [7, 11) is 2.27. The molecule has 1 rings (SSSR count). The summed E-state index contributed by atoms with van der Waals surface area (Å²) in [5.41, 5.74) is 0. The van der Waals surface area contributed by atoms with Crippen LogP contribution in [-0.2, 0) is 0 Å². The van der Waals surface area contributed by atoms with Crippen molar-refractivity contribution in [3.05, 3.63) is 0 Å². The van der Waals surface area contributed by atoms with Crippen LogP contribution in [-0.4, -0.2) is 25.0 Å². The van der Waals surface area contributed by atoms with Gasteiger partial charge < -0.3 is 4.90 Å². The lowest BCUT2D eigenvalue weighted by Gasteiger charge is -2.34. The summed E-state index contributed by atoms with van der Waals surface area (Å²) < 4.78 is 0. The molecule has 1 fully saturated rings. The van der Waals surface area contributed by atoms with Crippen LogP contribution in [0.2, 0.25) is 0 Å². The van der Waals surface area contributed by atoms with Crippen LogP contribution in [0, 0.1) is 11.8 Å². The Morgan fingerprint density at radius 2 is 1.69 bits per heavy atom. The first-order valence-electron chi connectivity index (χ1n) is 7.46. The van der Waals surface area contributed by atoms with E-state index in [2.05, 4.69) is 25.8 Å². The highest BCUT2D eigenvalue weighted by Gasteiger charge is 2.24. The van der Waals surface area contributed by atoms with Crippen molar-refractivity contribution in [2.45, 2.75) is 65.2 Å². The van der Waals surface area contributed by atoms with Gasteiger partial charge in [-0.2, -0.15) is 0 Å². The van der Waals surface area contributed by atoms with Gasteiger partial charge in [-0.3, -0.25) is 0 Å². The van der Waals surface area contributed by atoms with Crippen LogP contribution in [0.15, 0.2) is 0 Å². The molecule has 0 N–H and O–H groups in total. The first-order chi connectivity index (χ1) is 7.77. The van der Waals surface area contributed by atoms with E-state index in [-0.39, 0.29) is 0 Å². The van der Waals surface area contributed by atoms with Crippen molar-refractivity contribution in [3.8, 4) is 0 Å². The van der Waals surface area contributed by atoms with Crippen LogP contribution in [0.25, 0.3) is 0 Å². The number of unbranched alkanes of at least 4 members (excludes halogenated alkanes) is 2. The number of hydrogen-bond donors (Lipinski definition) is 0. The average Bonchev–Trinajstić information content (AvgIpc) is 2.29. The van der Waals surface area contributed by atoms with E-state index < -0.39 is 0 Å². The first-order valence-corrected chi connectivity index (χ1v) is 7.46. The predicted octanol–water partition coefficient (Wildman–Crippen LogP) is 4.32. The molecule has 1 heteroatoms. The van der Waals surface area contributed by atoms with E-state index >= 15 is 0 Å². The van der Waals surface area contributed by atoms with Crippen LogP contribution in [0.4, 0.5) is 0 Å². The second-order valence-corrected chi connectivity index (χ2v) is 5.69. The highest BCUT2D eigenvalue weighted by Crippen LogP contribution is 2.31. The summed E-state index contributed by atoms with van der Waals surface area (Å²) in [6.07, 6.45) is 11.5. The van der Waals surface area contributed by atoms with Gasteiger partial charge in [0, 0.05) is 0 Å². The second-order valence-electron chi connectivity index (χ2n) is 5.69. The molecule has 0 amide bonds. The van der Waals surface area contributed by atoms with Crippen molar-refractivity contribution in [2.75, 3.05) is 20.1 Å². The number of likely N-dealkylation sites (tertiary alicyclic amines) is 1. The molecule has 0 aliphatic carbocycles. The lowest BCUT2D eigenvalue weighted by Crippen LogP contribution is -2.33. The fourth-order valence-electron chi connectivity index (χ4n) is 3.14. The molecule has 0 aromatic rings. The van der Waals surface area contributed by atoms with Gasteiger partial charge in [0.15, 0.2) is 0 Å². The topological polar surface area (TPSA) is 3.24 Å². The van der Waals surface area contributed by atoms with Crippen LogP contribution in [0.1, 0.15) is 65.2 Å². The second kappa shape index (κ2) is 8.11. The minimum atomic E-state index is 1.03. The third-order valence-corrected chi connectivity index (χ3v) is 4.27. The molecule has 0 spiro atoms. The third-order valence-electron chi connectivity index (χ3n) is 4.27. The number of hydrogen-bond acceptors (Lipinski definition) is 1. The molecule has 0 aromatic carbocycles. The molecular formula is C15H31N. The Bertz CT molecular complexity index is 159. The van der Waals surface area contributed by atoms with Gasteiger partial charge in [0.2, 0.25) is 0 Å². The van der Waals surface area contributed by atoms with Crippen molar-refractivity contribution >= 4 is 0 Å². The van der Waals surface area contributed by atoms with Crippen LogP contribution < -0.4 is 0 Å². The summed E-state index contributed by atoms with van der Waals surface area (Å²) in [6, 6.07) is 0. The van der Waals surface area contributed by atoms with Gasteiger partial charge in [-0.25, -0.2) is 0 Å². The van der Waals surface area contributed by atoms with Crippen molar-refractivity contribution in [2.24, 2.45) is 11.8 Å². The van der Waals surface area contributed by atoms with E-state index in [1.165, 1.54) is 64.5 Å². The molecule has 1 nitrogen and oxygen atoms in total. The fourth-order valence-corrected chi connectivity index (χ4v) is 3.14. The zero-order valence-electron chi connectivity index (χ0n) is 11.7. The quantitative estimate of drug-likeness (QED) is 0.583. The number of nitrogens with zero attached hydrogens (tertiary/aromatic N) is 1. The van der Waals surface area contributed by atoms with Gasteiger partial charge in [0.05, 0.1) is 0 Å². The third kappa shape index (κ3) is 4.86. The normalized spacial score (nSPS) is 21.2. The summed E-state index contributed by atoms with van der Waals surface area (Å²) in [6.45, 7) is 7.32. The Labute approximate surface area is 103 Å². The van der Waals surface area contributed by atoms with Gasteiger partial charge in [0.1, 0.15) is 0 Å². The molecular weight excluding hydrogens is 194 g/mol. The summed E-state index contributed by atoms with van der Waals surface area (Å²) in [4.78, 5) is 2.49. The average molecular weight is 225 g/mol. The van der Waals surface area contributed by atoms with E-state index in [1.807, 2.05) is 0 Å². The molecule has 1 heterocycles. The molecule has 1 atom stereocenters. The smallest absolute Gasteiger partial charge is 0.00190 e. The maximum absolute atomic E-state index is 2.49. The molecule has 1 unspecified atom stereocenters. The Kier molecular flexibility index (Phi) is 7.11. The lowest BCUT2D eigenvalue weighted by molar-refractivity contribution is 0.156. The van der Waals surface area contributed by atoms with E-state index in [1.54, 1.807) is 0 Å². The SMILES string of the molecule is CCCCCC(CCC)C1CCN(C)CC1. The van der Waals surface area contributed by atoms with Gasteiger partial charge in [-0.15, -0.1) is 0 Å². The molecule has 0 aromatic heterocycles. The zero-order valence-corrected chi connectivity index (χ0v) is 11.7. The van der Waals surface area contributed by atoms with Gasteiger partial charge in [0.25, 0.3) is 0 Å². The van der Waals surface area contributed by atoms with E-state index in [0.717, 1.165) is 11.8 Å². The first kappa shape index (κ1) is 14.0. The molecule has 16 heavy (non-hydrogen) atoms. The van der Waals surface area contributed by atoms with Crippen molar-refractivity contribution in [3.63, 3.8) is 0 Å². The Morgan fingerprint density at radius 1 is 1.00 bits per heavy atom. The molecule has 0 radical (unpaired) electrons. The number of rotatable bonds is 7. The Hall–Kier alpha value is -0.0400. The van der Waals surface area contributed by atoms with Gasteiger partial charge in [-0.1, -0.05) is 52.4 Å². The van der Waals surface area contributed by atoms with Gasteiger partial charge in [-0.05, 0) is 44.8 Å². The summed E-state index contributed by atoms with van der Waals surface area (Å²) in [5.74, 6) is 2.07. The van der Waals surface area contributed by atoms with Gasteiger partial charge >= 0.3 is 0 Å². The molecule has 0 bridgehead atoms. The summed E-state index contributed by atoms with van der Waals surface area (Å²) >= 11 is 0. The van der Waals surface area contributed by atoms with Crippen molar-refractivity contribution < 1.29 is 0 Å². The van der Waals surface area contributed by atoms with Crippen LogP contribution in [0.5, 0.6) is 0 Å². The standard InChI is InChI=1S/C15H31N/c1-4-6-7-9-14(8-5-2)15-10-12-16(3)13-11-15/h14-15H,4-13H2,1-3H3. The lowest BCUT2D eigenvalue weighted by atomic mass is 9.79. The Balaban J connectivity index is 2.30. The number of piperidine rings is 1. The monoisotopic (exact) mass is 225 g/mol. The van der Waals surface area contributed by atoms with Crippen molar-refractivity contribution in [1.29, 1.82) is 0 Å². The van der Waals surface area contributed by atoms with E-state index in [4.69, 9.17) is 0 Å². The molecule has 1 aliphatic heterocycles. The zero-order chi connectivity index (χ0) is 11.8. The van der Waals surface area contributed by atoms with E-state index in [0.29, 0.717) is 0 Å². The summed E-state index contributed by atoms with van der Waals surface area (Å²) in [5, 5.41) is 0. The van der Waals surface area contributed by atoms with Crippen molar-refractivity contribution in [1.82, 2.24) is 4.90 Å². The minimum Gasteiger partial charge on any atom is -0.306 e.